The molecule has 0 aliphatic carbocycles. The van der Waals surface area contributed by atoms with Crippen LogP contribution in [0.1, 0.15) is 32.8 Å². The molecular formula is C16H24O3. The average Bonchev–Trinajstić information content (AvgIpc) is 2.37. The van der Waals surface area contributed by atoms with Gasteiger partial charge in [0.25, 0.3) is 0 Å². The lowest BCUT2D eigenvalue weighted by atomic mass is 9.84. The predicted octanol–water partition coefficient (Wildman–Crippen LogP) is 2.20. The van der Waals surface area contributed by atoms with Crippen molar-refractivity contribution in [3.05, 3.63) is 35.9 Å². The summed E-state index contributed by atoms with van der Waals surface area (Å²) in [6, 6.07) is 9.84. The number of hydrogen-bond donors (Lipinski definition) is 2. The van der Waals surface area contributed by atoms with Crippen LogP contribution in [0.5, 0.6) is 0 Å². The number of carbonyl (C=O) groups is 1. The topological polar surface area (TPSA) is 57.5 Å². The molecule has 0 saturated heterocycles. The molecule has 106 valence electrons. The molecule has 0 saturated carbocycles. The Morgan fingerprint density at radius 3 is 2.21 bits per heavy atom. The minimum absolute atomic E-state index is 0.0414. The van der Waals surface area contributed by atoms with Gasteiger partial charge >= 0.3 is 0 Å². The van der Waals surface area contributed by atoms with Gasteiger partial charge in [0.2, 0.25) is 0 Å². The van der Waals surface area contributed by atoms with Crippen molar-refractivity contribution < 1.29 is 15.0 Å². The molecule has 2 N–H and O–H groups in total. The Morgan fingerprint density at radius 1 is 1.16 bits per heavy atom. The van der Waals surface area contributed by atoms with Gasteiger partial charge in [-0.15, -0.1) is 0 Å². The van der Waals surface area contributed by atoms with E-state index in [1.807, 2.05) is 44.2 Å². The van der Waals surface area contributed by atoms with Gasteiger partial charge in [-0.25, -0.2) is 0 Å². The summed E-state index contributed by atoms with van der Waals surface area (Å²) in [5.74, 6) is -0.884. The monoisotopic (exact) mass is 264 g/mol. The first kappa shape index (κ1) is 15.9. The van der Waals surface area contributed by atoms with E-state index >= 15 is 0 Å². The van der Waals surface area contributed by atoms with E-state index in [0.29, 0.717) is 12.8 Å². The van der Waals surface area contributed by atoms with Crippen LogP contribution in [0.25, 0.3) is 0 Å². The van der Waals surface area contributed by atoms with Gasteiger partial charge in [0.1, 0.15) is 5.78 Å². The molecule has 0 fully saturated rings. The number of ketones is 1. The predicted molar refractivity (Wildman–Crippen MR) is 75.8 cm³/mol. The van der Waals surface area contributed by atoms with Crippen LogP contribution in [0.4, 0.5) is 0 Å². The van der Waals surface area contributed by atoms with Gasteiger partial charge in [-0.3, -0.25) is 4.79 Å². The molecule has 1 rings (SSSR count). The van der Waals surface area contributed by atoms with Crippen molar-refractivity contribution >= 4 is 5.78 Å². The summed E-state index contributed by atoms with van der Waals surface area (Å²) in [7, 11) is 0. The van der Waals surface area contributed by atoms with Crippen LogP contribution in [0, 0.1) is 11.8 Å². The number of aliphatic hydroxyl groups excluding tert-OH is 2. The fraction of sp³-hybridized carbons (Fsp3) is 0.562. The maximum Gasteiger partial charge on any atom is 0.138 e. The molecule has 0 unspecified atom stereocenters. The summed E-state index contributed by atoms with van der Waals surface area (Å²) in [6.07, 6.45) is -0.396. The van der Waals surface area contributed by atoms with Crippen molar-refractivity contribution in [2.45, 2.75) is 45.8 Å². The third-order valence-electron chi connectivity index (χ3n) is 3.51. The van der Waals surface area contributed by atoms with Crippen molar-refractivity contribution in [1.29, 1.82) is 0 Å². The lowest BCUT2D eigenvalue weighted by molar-refractivity contribution is -0.131. The van der Waals surface area contributed by atoms with E-state index in [-0.39, 0.29) is 11.7 Å². The van der Waals surface area contributed by atoms with Gasteiger partial charge in [-0.2, -0.15) is 0 Å². The number of rotatable bonds is 7. The summed E-state index contributed by atoms with van der Waals surface area (Å²) >= 11 is 0. The first-order chi connectivity index (χ1) is 8.93. The minimum atomic E-state index is -0.796. The zero-order valence-electron chi connectivity index (χ0n) is 11.9. The highest BCUT2D eigenvalue weighted by atomic mass is 16.3. The van der Waals surface area contributed by atoms with Crippen LogP contribution in [0.15, 0.2) is 30.3 Å². The second kappa shape index (κ2) is 7.41. The molecule has 1 aromatic rings. The van der Waals surface area contributed by atoms with Gasteiger partial charge in [0, 0.05) is 0 Å². The normalized spacial score (nSPS) is 16.1. The quantitative estimate of drug-likeness (QED) is 0.794. The molecule has 0 amide bonds. The molecule has 3 nitrogen and oxygen atoms in total. The highest BCUT2D eigenvalue weighted by molar-refractivity contribution is 5.79. The number of aliphatic hydroxyl groups is 2. The summed E-state index contributed by atoms with van der Waals surface area (Å²) in [6.45, 7) is 5.14. The highest BCUT2D eigenvalue weighted by Crippen LogP contribution is 2.21. The molecule has 0 radical (unpaired) electrons. The van der Waals surface area contributed by atoms with Crippen LogP contribution in [0.3, 0.4) is 0 Å². The van der Waals surface area contributed by atoms with Crippen molar-refractivity contribution in [2.75, 3.05) is 0 Å². The minimum Gasteiger partial charge on any atom is -0.392 e. The number of Topliss-reactive ketones (excluding diaryl/α,β-unsaturated/α-hetero) is 1. The van der Waals surface area contributed by atoms with Crippen molar-refractivity contribution in [1.82, 2.24) is 0 Å². The van der Waals surface area contributed by atoms with Crippen molar-refractivity contribution in [3.8, 4) is 0 Å². The van der Waals surface area contributed by atoms with E-state index < -0.39 is 18.1 Å². The Balaban J connectivity index is 2.63. The average molecular weight is 264 g/mol. The number of aryl methyl sites for hydroxylation is 1. The molecule has 0 aliphatic heterocycles. The van der Waals surface area contributed by atoms with E-state index in [1.165, 1.54) is 6.92 Å². The largest absolute Gasteiger partial charge is 0.392 e. The third kappa shape index (κ3) is 4.77. The summed E-state index contributed by atoms with van der Waals surface area (Å²) in [5, 5.41) is 20.2. The summed E-state index contributed by atoms with van der Waals surface area (Å²) in [5.41, 5.74) is 1.13. The molecule has 1 aromatic carbocycles. The summed E-state index contributed by atoms with van der Waals surface area (Å²) in [4.78, 5) is 11.6. The van der Waals surface area contributed by atoms with Gasteiger partial charge in [0.05, 0.1) is 18.1 Å². The van der Waals surface area contributed by atoms with Crippen LogP contribution < -0.4 is 0 Å². The van der Waals surface area contributed by atoms with Gasteiger partial charge in [0.15, 0.2) is 0 Å². The number of hydrogen-bond acceptors (Lipinski definition) is 3. The van der Waals surface area contributed by atoms with Crippen LogP contribution in [-0.2, 0) is 11.2 Å². The fourth-order valence-electron chi connectivity index (χ4n) is 2.29. The van der Waals surface area contributed by atoms with E-state index in [2.05, 4.69) is 0 Å². The second-order valence-corrected chi connectivity index (χ2v) is 5.46. The second-order valence-electron chi connectivity index (χ2n) is 5.46. The van der Waals surface area contributed by atoms with Crippen LogP contribution in [-0.4, -0.2) is 28.2 Å². The van der Waals surface area contributed by atoms with E-state index in [0.717, 1.165) is 5.56 Å². The van der Waals surface area contributed by atoms with Crippen molar-refractivity contribution in [2.24, 2.45) is 11.8 Å². The van der Waals surface area contributed by atoms with Crippen LogP contribution in [0.2, 0.25) is 0 Å². The lowest BCUT2D eigenvalue weighted by Crippen LogP contribution is -2.40. The van der Waals surface area contributed by atoms with Crippen molar-refractivity contribution in [3.63, 3.8) is 0 Å². The van der Waals surface area contributed by atoms with Crippen LogP contribution >= 0.6 is 0 Å². The maximum atomic E-state index is 11.6. The Labute approximate surface area is 115 Å². The molecule has 19 heavy (non-hydrogen) atoms. The third-order valence-corrected chi connectivity index (χ3v) is 3.51. The molecule has 0 aliphatic rings. The SMILES string of the molecule is CC(=O)[C@@H]([C@H](O)C(C)C)[C@@H](O)CCc1ccccc1. The Morgan fingerprint density at radius 2 is 1.74 bits per heavy atom. The standard InChI is InChI=1S/C16H24O3/c1-11(2)16(19)15(12(3)17)14(18)10-9-13-7-5-4-6-8-13/h4-8,11,14-16,18-19H,9-10H2,1-3H3/t14-,15+,16+/m0/s1. The number of carbonyl (C=O) groups excluding carboxylic acids is 1. The molecular weight excluding hydrogens is 240 g/mol. The van der Waals surface area contributed by atoms with E-state index in [4.69, 9.17) is 0 Å². The first-order valence-corrected chi connectivity index (χ1v) is 6.84. The molecule has 0 bridgehead atoms. The Kier molecular flexibility index (Phi) is 6.19. The van der Waals surface area contributed by atoms with E-state index in [1.54, 1.807) is 0 Å². The smallest absolute Gasteiger partial charge is 0.138 e. The van der Waals surface area contributed by atoms with Gasteiger partial charge in [-0.05, 0) is 31.2 Å². The zero-order valence-corrected chi connectivity index (χ0v) is 11.9. The fourth-order valence-corrected chi connectivity index (χ4v) is 2.29. The highest BCUT2D eigenvalue weighted by Gasteiger charge is 2.32. The lowest BCUT2D eigenvalue weighted by Gasteiger charge is -2.28. The van der Waals surface area contributed by atoms with Gasteiger partial charge in [-0.1, -0.05) is 44.2 Å². The Bertz CT molecular complexity index is 386. The molecule has 0 heterocycles. The molecule has 3 heteroatoms. The molecule has 0 spiro atoms. The first-order valence-electron chi connectivity index (χ1n) is 6.84. The van der Waals surface area contributed by atoms with Gasteiger partial charge < -0.3 is 10.2 Å². The van der Waals surface area contributed by atoms with E-state index in [9.17, 15) is 15.0 Å². The zero-order chi connectivity index (χ0) is 14.4. The summed E-state index contributed by atoms with van der Waals surface area (Å²) < 4.78 is 0. The number of benzene rings is 1. The maximum absolute atomic E-state index is 11.6. The Hall–Kier alpha value is -1.19. The molecule has 3 atom stereocenters. The molecule has 0 aromatic heterocycles.